The average molecular weight is 331 g/mol. The van der Waals surface area contributed by atoms with Crippen molar-refractivity contribution in [1.82, 2.24) is 9.71 Å². The van der Waals surface area contributed by atoms with Crippen molar-refractivity contribution in [2.45, 2.75) is 11.8 Å². The minimum absolute atomic E-state index is 0.0183. The van der Waals surface area contributed by atoms with Crippen LogP contribution in [0.5, 0.6) is 0 Å². The lowest BCUT2D eigenvalue weighted by Gasteiger charge is -2.09. The predicted octanol–water partition coefficient (Wildman–Crippen LogP) is 2.11. The molecule has 2 rings (SSSR count). The molecule has 2 aromatic rings. The minimum atomic E-state index is -3.68. The highest BCUT2D eigenvalue weighted by Gasteiger charge is 2.16. The molecule has 0 saturated heterocycles. The normalized spacial score (nSPS) is 11.0. The Balaban J connectivity index is 2.24. The number of hydrogen-bond donors (Lipinski definition) is 2. The number of aromatic nitrogens is 1. The number of pyridine rings is 1. The number of benzene rings is 1. The fourth-order valence-electron chi connectivity index (χ4n) is 1.85. The van der Waals surface area contributed by atoms with Crippen molar-refractivity contribution in [3.63, 3.8) is 0 Å². The van der Waals surface area contributed by atoms with Gasteiger partial charge in [-0.25, -0.2) is 18.1 Å². The Morgan fingerprint density at radius 1 is 1.30 bits per heavy atom. The Bertz CT molecular complexity index is 832. The lowest BCUT2D eigenvalue weighted by molar-refractivity contribution is 0.102. The molecule has 1 aromatic carbocycles. The quantitative estimate of drug-likeness (QED) is 0.794. The van der Waals surface area contributed by atoms with Gasteiger partial charge in [0, 0.05) is 18.3 Å². The summed E-state index contributed by atoms with van der Waals surface area (Å²) in [7, 11) is -3.68. The van der Waals surface area contributed by atoms with Crippen molar-refractivity contribution in [3.8, 4) is 0 Å². The zero-order valence-corrected chi connectivity index (χ0v) is 13.4. The van der Waals surface area contributed by atoms with Crippen LogP contribution in [-0.2, 0) is 10.0 Å². The first-order valence-corrected chi connectivity index (χ1v) is 8.36. The van der Waals surface area contributed by atoms with Crippen LogP contribution in [-0.4, -0.2) is 25.9 Å². The number of amides is 1. The van der Waals surface area contributed by atoms with E-state index in [1.165, 1.54) is 24.3 Å². The van der Waals surface area contributed by atoms with E-state index in [9.17, 15) is 13.2 Å². The fraction of sp³-hybridized carbons (Fsp3) is 0.125. The highest BCUT2D eigenvalue weighted by atomic mass is 32.2. The van der Waals surface area contributed by atoms with E-state index in [-0.39, 0.29) is 17.0 Å². The molecule has 0 aliphatic heterocycles. The van der Waals surface area contributed by atoms with E-state index in [1.807, 2.05) is 13.0 Å². The van der Waals surface area contributed by atoms with Crippen molar-refractivity contribution in [3.05, 3.63) is 66.4 Å². The Kier molecular flexibility index (Phi) is 5.25. The summed E-state index contributed by atoms with van der Waals surface area (Å²) in [5.41, 5.74) is 1.05. The number of hydrogen-bond acceptors (Lipinski definition) is 4. The summed E-state index contributed by atoms with van der Waals surface area (Å²) in [6, 6.07) is 9.39. The lowest BCUT2D eigenvalue weighted by atomic mass is 10.2. The predicted molar refractivity (Wildman–Crippen MR) is 88.8 cm³/mol. The molecule has 0 unspecified atom stereocenters. The summed E-state index contributed by atoms with van der Waals surface area (Å²) in [5.74, 6) is 0.0168. The number of nitrogens with zero attached hydrogens (tertiary/aromatic N) is 1. The molecule has 0 bridgehead atoms. The third-order valence-electron chi connectivity index (χ3n) is 3.07. The second kappa shape index (κ2) is 7.17. The summed E-state index contributed by atoms with van der Waals surface area (Å²) in [4.78, 5) is 16.4. The number of anilines is 1. The van der Waals surface area contributed by atoms with Crippen molar-refractivity contribution in [2.75, 3.05) is 11.9 Å². The number of rotatable bonds is 6. The van der Waals surface area contributed by atoms with Gasteiger partial charge in [0.05, 0.1) is 4.90 Å². The largest absolute Gasteiger partial charge is 0.306 e. The maximum absolute atomic E-state index is 12.3. The van der Waals surface area contributed by atoms with Crippen LogP contribution in [0.1, 0.15) is 15.9 Å². The standard InChI is InChI=1S/C16H17N3O3S/c1-3-9-18-23(21,22)14-8-4-7-13(11-14)16(20)19-15-12(2)6-5-10-17-15/h3-8,10-11,18H,1,9H2,2H3,(H,17,19,20). The van der Waals surface area contributed by atoms with Gasteiger partial charge in [0.1, 0.15) is 5.82 Å². The third kappa shape index (κ3) is 4.24. The van der Waals surface area contributed by atoms with Crippen molar-refractivity contribution in [1.29, 1.82) is 0 Å². The van der Waals surface area contributed by atoms with Gasteiger partial charge in [-0.3, -0.25) is 4.79 Å². The topological polar surface area (TPSA) is 88.2 Å². The summed E-state index contributed by atoms with van der Waals surface area (Å²) in [5, 5.41) is 2.67. The van der Waals surface area contributed by atoms with E-state index >= 15 is 0 Å². The molecular formula is C16H17N3O3S. The van der Waals surface area contributed by atoms with Crippen LogP contribution in [0.15, 0.2) is 60.1 Å². The molecule has 7 heteroatoms. The summed E-state index contributed by atoms with van der Waals surface area (Å²) in [6.07, 6.45) is 3.01. The molecule has 0 saturated carbocycles. The van der Waals surface area contributed by atoms with Gasteiger partial charge in [-0.15, -0.1) is 6.58 Å². The molecule has 0 spiro atoms. The Labute approximate surface area is 135 Å². The Morgan fingerprint density at radius 3 is 2.78 bits per heavy atom. The zero-order valence-electron chi connectivity index (χ0n) is 12.6. The highest BCUT2D eigenvalue weighted by molar-refractivity contribution is 7.89. The summed E-state index contributed by atoms with van der Waals surface area (Å²) in [6.45, 7) is 5.40. The van der Waals surface area contributed by atoms with E-state index < -0.39 is 15.9 Å². The van der Waals surface area contributed by atoms with Gasteiger partial charge in [0.15, 0.2) is 0 Å². The molecule has 1 heterocycles. The van der Waals surface area contributed by atoms with E-state index in [4.69, 9.17) is 0 Å². The summed E-state index contributed by atoms with van der Waals surface area (Å²) >= 11 is 0. The fourth-order valence-corrected chi connectivity index (χ4v) is 2.90. The molecule has 0 fully saturated rings. The molecular weight excluding hydrogens is 314 g/mol. The molecule has 23 heavy (non-hydrogen) atoms. The molecule has 0 aliphatic rings. The van der Waals surface area contributed by atoms with Gasteiger partial charge in [0.25, 0.3) is 5.91 Å². The van der Waals surface area contributed by atoms with E-state index in [0.29, 0.717) is 5.82 Å². The zero-order chi connectivity index (χ0) is 16.9. The van der Waals surface area contributed by atoms with Gasteiger partial charge >= 0.3 is 0 Å². The van der Waals surface area contributed by atoms with Crippen LogP contribution in [0.25, 0.3) is 0 Å². The van der Waals surface area contributed by atoms with Gasteiger partial charge in [-0.1, -0.05) is 18.2 Å². The lowest BCUT2D eigenvalue weighted by Crippen LogP contribution is -2.24. The molecule has 1 aromatic heterocycles. The molecule has 0 aliphatic carbocycles. The second-order valence-electron chi connectivity index (χ2n) is 4.79. The molecule has 0 atom stereocenters. The van der Waals surface area contributed by atoms with Crippen LogP contribution < -0.4 is 10.0 Å². The number of nitrogens with one attached hydrogen (secondary N) is 2. The van der Waals surface area contributed by atoms with Crippen molar-refractivity contribution >= 4 is 21.7 Å². The monoisotopic (exact) mass is 331 g/mol. The first-order valence-electron chi connectivity index (χ1n) is 6.87. The maximum Gasteiger partial charge on any atom is 0.256 e. The SMILES string of the molecule is C=CCNS(=O)(=O)c1cccc(C(=O)Nc2ncccc2C)c1. The first kappa shape index (κ1) is 16.9. The minimum Gasteiger partial charge on any atom is -0.306 e. The van der Waals surface area contributed by atoms with Gasteiger partial charge in [-0.05, 0) is 36.8 Å². The van der Waals surface area contributed by atoms with Gasteiger partial charge < -0.3 is 5.32 Å². The molecule has 0 radical (unpaired) electrons. The van der Waals surface area contributed by atoms with E-state index in [1.54, 1.807) is 18.3 Å². The van der Waals surface area contributed by atoms with Crippen LogP contribution >= 0.6 is 0 Å². The third-order valence-corrected chi connectivity index (χ3v) is 4.49. The smallest absolute Gasteiger partial charge is 0.256 e. The average Bonchev–Trinajstić information content (AvgIpc) is 2.55. The van der Waals surface area contributed by atoms with Gasteiger partial charge in [0.2, 0.25) is 10.0 Å². The van der Waals surface area contributed by atoms with Crippen LogP contribution in [0.2, 0.25) is 0 Å². The van der Waals surface area contributed by atoms with Crippen LogP contribution in [0.4, 0.5) is 5.82 Å². The second-order valence-corrected chi connectivity index (χ2v) is 6.56. The Morgan fingerprint density at radius 2 is 2.09 bits per heavy atom. The summed E-state index contributed by atoms with van der Waals surface area (Å²) < 4.78 is 26.5. The van der Waals surface area contributed by atoms with Crippen LogP contribution in [0.3, 0.4) is 0 Å². The maximum atomic E-state index is 12.3. The van der Waals surface area contributed by atoms with E-state index in [2.05, 4.69) is 21.6 Å². The number of carbonyl (C=O) groups is 1. The molecule has 2 N–H and O–H groups in total. The molecule has 6 nitrogen and oxygen atoms in total. The van der Waals surface area contributed by atoms with Gasteiger partial charge in [-0.2, -0.15) is 0 Å². The Hall–Kier alpha value is -2.51. The van der Waals surface area contributed by atoms with Crippen molar-refractivity contribution in [2.24, 2.45) is 0 Å². The first-order chi connectivity index (χ1) is 10.9. The van der Waals surface area contributed by atoms with Crippen LogP contribution in [0, 0.1) is 6.92 Å². The highest BCUT2D eigenvalue weighted by Crippen LogP contribution is 2.14. The van der Waals surface area contributed by atoms with E-state index in [0.717, 1.165) is 5.56 Å². The molecule has 1 amide bonds. The molecule has 120 valence electrons. The number of carbonyl (C=O) groups excluding carboxylic acids is 1. The van der Waals surface area contributed by atoms with Crippen molar-refractivity contribution < 1.29 is 13.2 Å². The number of aryl methyl sites for hydroxylation is 1. The number of sulfonamides is 1.